The van der Waals surface area contributed by atoms with E-state index in [9.17, 15) is 4.79 Å². The summed E-state index contributed by atoms with van der Waals surface area (Å²) in [6.45, 7) is 3.10. The normalized spacial score (nSPS) is 16.2. The predicted molar refractivity (Wildman–Crippen MR) is 113 cm³/mol. The molecule has 3 N–H and O–H groups in total. The molecule has 2 aromatic carbocycles. The first-order valence-corrected chi connectivity index (χ1v) is 10.2. The molecule has 0 radical (unpaired) electrons. The average Bonchev–Trinajstić information content (AvgIpc) is 3.05. The maximum Gasteiger partial charge on any atom is 0.248 e. The van der Waals surface area contributed by atoms with E-state index in [2.05, 4.69) is 41.1 Å². The first kappa shape index (κ1) is 18.5. The Bertz CT molecular complexity index is 957. The topological polar surface area (TPSA) is 72.9 Å². The second-order valence-electron chi connectivity index (χ2n) is 7.89. The molecule has 1 aliphatic rings. The van der Waals surface area contributed by atoms with Crippen LogP contribution in [0, 0.1) is 5.92 Å². The third-order valence-electron chi connectivity index (χ3n) is 5.84. The minimum Gasteiger partial charge on any atom is -0.366 e. The lowest BCUT2D eigenvalue weighted by Crippen LogP contribution is -2.17. The van der Waals surface area contributed by atoms with Gasteiger partial charge in [-0.1, -0.05) is 49.6 Å². The van der Waals surface area contributed by atoms with Crippen LogP contribution in [0.25, 0.3) is 11.0 Å². The lowest BCUT2D eigenvalue weighted by atomic mass is 9.89. The summed E-state index contributed by atoms with van der Waals surface area (Å²) in [6, 6.07) is 16.1. The maximum atomic E-state index is 11.6. The second kappa shape index (κ2) is 8.05. The molecule has 0 aliphatic heterocycles. The van der Waals surface area contributed by atoms with Crippen molar-refractivity contribution in [2.45, 2.75) is 51.6 Å². The Morgan fingerprint density at radius 3 is 2.64 bits per heavy atom. The van der Waals surface area contributed by atoms with Gasteiger partial charge in [-0.2, -0.15) is 0 Å². The quantitative estimate of drug-likeness (QED) is 0.643. The van der Waals surface area contributed by atoms with E-state index in [0.717, 1.165) is 23.5 Å². The number of carbonyl (C=O) groups is 1. The van der Waals surface area contributed by atoms with Gasteiger partial charge in [0.25, 0.3) is 0 Å². The zero-order valence-corrected chi connectivity index (χ0v) is 16.4. The highest BCUT2D eigenvalue weighted by molar-refractivity contribution is 5.96. The van der Waals surface area contributed by atoms with Gasteiger partial charge in [-0.25, -0.2) is 4.98 Å². The minimum atomic E-state index is -0.420. The SMILES string of the molecule is C[C@H](Nc1nc2cc(C(N)=O)ccc2n1CC1CCCCC1)c1ccccc1. The fourth-order valence-electron chi connectivity index (χ4n) is 4.22. The largest absolute Gasteiger partial charge is 0.366 e. The number of nitrogens with one attached hydrogen (secondary N) is 1. The van der Waals surface area contributed by atoms with Gasteiger partial charge >= 0.3 is 0 Å². The molecule has 1 aromatic heterocycles. The highest BCUT2D eigenvalue weighted by Gasteiger charge is 2.20. The van der Waals surface area contributed by atoms with Crippen molar-refractivity contribution >= 4 is 22.9 Å². The molecule has 0 saturated heterocycles. The molecule has 0 spiro atoms. The third kappa shape index (κ3) is 3.88. The zero-order chi connectivity index (χ0) is 19.5. The molecule has 1 atom stereocenters. The van der Waals surface area contributed by atoms with Crippen molar-refractivity contribution in [3.05, 3.63) is 59.7 Å². The molecule has 0 unspecified atom stereocenters. The van der Waals surface area contributed by atoms with Crippen LogP contribution in [0.5, 0.6) is 0 Å². The molecule has 1 fully saturated rings. The van der Waals surface area contributed by atoms with Crippen molar-refractivity contribution in [1.82, 2.24) is 9.55 Å². The number of hydrogen-bond donors (Lipinski definition) is 2. The van der Waals surface area contributed by atoms with Gasteiger partial charge in [-0.05, 0) is 49.4 Å². The average molecular weight is 377 g/mol. The standard InChI is InChI=1S/C23H28N4O/c1-16(18-10-6-3-7-11-18)25-23-26-20-14-19(22(24)28)12-13-21(20)27(23)15-17-8-4-2-5-9-17/h3,6-7,10-14,16-17H,2,4-5,8-9,15H2,1H3,(H2,24,28)(H,25,26)/t16-/m0/s1. The molecular formula is C23H28N4O. The predicted octanol–water partition coefficient (Wildman–Crippen LogP) is 4.89. The zero-order valence-electron chi connectivity index (χ0n) is 16.4. The summed E-state index contributed by atoms with van der Waals surface area (Å²) in [6.07, 6.45) is 6.51. The monoisotopic (exact) mass is 376 g/mol. The third-order valence-corrected chi connectivity index (χ3v) is 5.84. The van der Waals surface area contributed by atoms with Crippen LogP contribution >= 0.6 is 0 Å². The number of benzene rings is 2. The van der Waals surface area contributed by atoms with Crippen LogP contribution < -0.4 is 11.1 Å². The number of aromatic nitrogens is 2. The van der Waals surface area contributed by atoms with E-state index in [0.29, 0.717) is 11.5 Å². The van der Waals surface area contributed by atoms with Crippen molar-refractivity contribution in [3.8, 4) is 0 Å². The van der Waals surface area contributed by atoms with Crippen molar-refractivity contribution < 1.29 is 4.79 Å². The van der Waals surface area contributed by atoms with Crippen LogP contribution in [0.2, 0.25) is 0 Å². The van der Waals surface area contributed by atoms with Gasteiger partial charge in [-0.15, -0.1) is 0 Å². The summed E-state index contributed by atoms with van der Waals surface area (Å²) in [7, 11) is 0. The Labute approximate surface area is 166 Å². The summed E-state index contributed by atoms with van der Waals surface area (Å²) in [4.78, 5) is 16.4. The molecule has 1 saturated carbocycles. The van der Waals surface area contributed by atoms with Crippen LogP contribution in [0.15, 0.2) is 48.5 Å². The summed E-state index contributed by atoms with van der Waals surface area (Å²) in [5, 5.41) is 3.59. The lowest BCUT2D eigenvalue weighted by Gasteiger charge is -2.24. The van der Waals surface area contributed by atoms with E-state index in [1.54, 1.807) is 12.1 Å². The Morgan fingerprint density at radius 1 is 1.18 bits per heavy atom. The van der Waals surface area contributed by atoms with E-state index in [4.69, 9.17) is 10.7 Å². The molecule has 0 bridgehead atoms. The minimum absolute atomic E-state index is 0.138. The highest BCUT2D eigenvalue weighted by Crippen LogP contribution is 2.30. The van der Waals surface area contributed by atoms with Crippen LogP contribution in [-0.2, 0) is 6.54 Å². The van der Waals surface area contributed by atoms with Crippen LogP contribution in [0.3, 0.4) is 0 Å². The Balaban J connectivity index is 1.69. The van der Waals surface area contributed by atoms with Crippen molar-refractivity contribution in [2.24, 2.45) is 11.7 Å². The van der Waals surface area contributed by atoms with Crippen molar-refractivity contribution in [3.63, 3.8) is 0 Å². The molecule has 3 aromatic rings. The summed E-state index contributed by atoms with van der Waals surface area (Å²) < 4.78 is 2.29. The van der Waals surface area contributed by atoms with Gasteiger partial charge in [0.05, 0.1) is 17.1 Å². The number of primary amides is 1. The number of carbonyl (C=O) groups excluding carboxylic acids is 1. The number of nitrogens with two attached hydrogens (primary N) is 1. The molecule has 146 valence electrons. The number of anilines is 1. The fraction of sp³-hybridized carbons (Fsp3) is 0.391. The second-order valence-corrected chi connectivity index (χ2v) is 7.89. The Hall–Kier alpha value is -2.82. The number of imidazole rings is 1. The Kier molecular flexibility index (Phi) is 5.33. The number of hydrogen-bond acceptors (Lipinski definition) is 3. The van der Waals surface area contributed by atoms with Crippen molar-refractivity contribution in [1.29, 1.82) is 0 Å². The van der Waals surface area contributed by atoms with E-state index in [1.807, 2.05) is 12.1 Å². The molecule has 4 rings (SSSR count). The number of amides is 1. The van der Waals surface area contributed by atoms with E-state index in [-0.39, 0.29) is 6.04 Å². The van der Waals surface area contributed by atoms with E-state index < -0.39 is 5.91 Å². The van der Waals surface area contributed by atoms with Gasteiger partial charge in [0.2, 0.25) is 11.9 Å². The summed E-state index contributed by atoms with van der Waals surface area (Å²) >= 11 is 0. The number of fused-ring (bicyclic) bond motifs is 1. The van der Waals surface area contributed by atoms with Gasteiger partial charge in [-0.3, -0.25) is 4.79 Å². The van der Waals surface area contributed by atoms with E-state index in [1.165, 1.54) is 37.7 Å². The van der Waals surface area contributed by atoms with Gasteiger partial charge in [0.1, 0.15) is 0 Å². The first-order valence-electron chi connectivity index (χ1n) is 10.2. The van der Waals surface area contributed by atoms with E-state index >= 15 is 0 Å². The molecular weight excluding hydrogens is 348 g/mol. The molecule has 5 nitrogen and oxygen atoms in total. The Morgan fingerprint density at radius 2 is 1.93 bits per heavy atom. The van der Waals surface area contributed by atoms with Gasteiger partial charge in [0.15, 0.2) is 0 Å². The molecule has 1 aliphatic carbocycles. The summed E-state index contributed by atoms with van der Waals surface area (Å²) in [5.74, 6) is 1.11. The number of rotatable bonds is 6. The fourth-order valence-corrected chi connectivity index (χ4v) is 4.22. The number of nitrogens with zero attached hydrogens (tertiary/aromatic N) is 2. The van der Waals surface area contributed by atoms with Crippen molar-refractivity contribution in [2.75, 3.05) is 5.32 Å². The highest BCUT2D eigenvalue weighted by atomic mass is 16.1. The van der Waals surface area contributed by atoms with Gasteiger partial charge in [0, 0.05) is 12.1 Å². The van der Waals surface area contributed by atoms with Gasteiger partial charge < -0.3 is 15.6 Å². The van der Waals surface area contributed by atoms with Crippen LogP contribution in [0.1, 0.15) is 61.0 Å². The van der Waals surface area contributed by atoms with Crippen LogP contribution in [-0.4, -0.2) is 15.5 Å². The van der Waals surface area contributed by atoms with Crippen LogP contribution in [0.4, 0.5) is 5.95 Å². The maximum absolute atomic E-state index is 11.6. The summed E-state index contributed by atoms with van der Waals surface area (Å²) in [5.41, 5.74) is 9.05. The smallest absolute Gasteiger partial charge is 0.248 e. The lowest BCUT2D eigenvalue weighted by molar-refractivity contribution is 0.100. The molecule has 1 heterocycles. The molecule has 28 heavy (non-hydrogen) atoms. The first-order chi connectivity index (χ1) is 13.6. The molecule has 1 amide bonds. The molecule has 5 heteroatoms.